The molecule has 25 heavy (non-hydrogen) atoms. The van der Waals surface area contributed by atoms with E-state index in [2.05, 4.69) is 10.1 Å². The smallest absolute Gasteiger partial charge is 0.289 e. The lowest BCUT2D eigenvalue weighted by atomic mass is 10.00. The average Bonchev–Trinajstić information content (AvgIpc) is 3.08. The Morgan fingerprint density at radius 1 is 1.36 bits per heavy atom. The molecule has 0 unspecified atom stereocenters. The molecular formula is C17H20N4O4. The van der Waals surface area contributed by atoms with Gasteiger partial charge in [-0.1, -0.05) is 5.16 Å². The SMILES string of the molecule is CN(CCc1noc(C2CN(C(=O)c3ccco3)C2)n1)C(=O)C1CC1. The molecule has 0 N–H and O–H groups in total. The Morgan fingerprint density at radius 2 is 2.16 bits per heavy atom. The number of carbonyl (C=O) groups excluding carboxylic acids is 2. The van der Waals surface area contributed by atoms with Crippen LogP contribution >= 0.6 is 0 Å². The second kappa shape index (κ2) is 6.34. The second-order valence-corrected chi connectivity index (χ2v) is 6.72. The van der Waals surface area contributed by atoms with Crippen LogP contribution in [0.4, 0.5) is 0 Å². The summed E-state index contributed by atoms with van der Waals surface area (Å²) in [7, 11) is 1.81. The highest BCUT2D eigenvalue weighted by Gasteiger charge is 2.37. The van der Waals surface area contributed by atoms with Gasteiger partial charge >= 0.3 is 0 Å². The molecule has 132 valence electrons. The Balaban J connectivity index is 1.26. The highest BCUT2D eigenvalue weighted by molar-refractivity contribution is 5.92. The van der Waals surface area contributed by atoms with Gasteiger partial charge < -0.3 is 18.7 Å². The Morgan fingerprint density at radius 3 is 2.84 bits per heavy atom. The minimum absolute atomic E-state index is 0.0611. The zero-order valence-electron chi connectivity index (χ0n) is 14.1. The van der Waals surface area contributed by atoms with Gasteiger partial charge in [0.2, 0.25) is 11.8 Å². The first-order valence-electron chi connectivity index (χ1n) is 8.52. The Kier molecular flexibility index (Phi) is 4.03. The van der Waals surface area contributed by atoms with E-state index in [1.807, 2.05) is 7.05 Å². The van der Waals surface area contributed by atoms with Crippen LogP contribution in [-0.4, -0.2) is 58.4 Å². The third-order valence-electron chi connectivity index (χ3n) is 4.71. The van der Waals surface area contributed by atoms with Gasteiger partial charge in [-0.15, -0.1) is 0 Å². The molecule has 0 bridgehead atoms. The van der Waals surface area contributed by atoms with Gasteiger partial charge in [-0.05, 0) is 25.0 Å². The summed E-state index contributed by atoms with van der Waals surface area (Å²) >= 11 is 0. The molecule has 1 aliphatic carbocycles. The van der Waals surface area contributed by atoms with Crippen molar-refractivity contribution < 1.29 is 18.5 Å². The van der Waals surface area contributed by atoms with Crippen molar-refractivity contribution in [2.24, 2.45) is 5.92 Å². The first-order chi connectivity index (χ1) is 12.1. The number of nitrogens with zero attached hydrogens (tertiary/aromatic N) is 4. The van der Waals surface area contributed by atoms with Crippen LogP contribution in [0.1, 0.15) is 41.0 Å². The lowest BCUT2D eigenvalue weighted by Crippen LogP contribution is -2.48. The van der Waals surface area contributed by atoms with E-state index in [0.717, 1.165) is 12.8 Å². The summed E-state index contributed by atoms with van der Waals surface area (Å²) in [6, 6.07) is 3.35. The van der Waals surface area contributed by atoms with Crippen molar-refractivity contribution in [1.29, 1.82) is 0 Å². The third kappa shape index (κ3) is 3.29. The first kappa shape index (κ1) is 15.9. The predicted octanol–water partition coefficient (Wildman–Crippen LogP) is 1.31. The lowest BCUT2D eigenvalue weighted by Gasteiger charge is -2.36. The molecule has 2 aromatic rings. The number of rotatable bonds is 6. The minimum Gasteiger partial charge on any atom is -0.459 e. The van der Waals surface area contributed by atoms with Crippen LogP contribution < -0.4 is 0 Å². The lowest BCUT2D eigenvalue weighted by molar-refractivity contribution is -0.131. The molecule has 2 amide bonds. The summed E-state index contributed by atoms with van der Waals surface area (Å²) < 4.78 is 10.4. The fraction of sp³-hybridized carbons (Fsp3) is 0.529. The number of likely N-dealkylation sites (N-methyl/N-ethyl adjacent to an activating group) is 1. The quantitative estimate of drug-likeness (QED) is 0.784. The highest BCUT2D eigenvalue weighted by Crippen LogP contribution is 2.30. The molecule has 1 saturated carbocycles. The molecule has 8 nitrogen and oxygen atoms in total. The molecule has 0 atom stereocenters. The van der Waals surface area contributed by atoms with E-state index in [9.17, 15) is 9.59 Å². The van der Waals surface area contributed by atoms with E-state index < -0.39 is 0 Å². The van der Waals surface area contributed by atoms with Crippen LogP contribution in [0.25, 0.3) is 0 Å². The van der Waals surface area contributed by atoms with Crippen LogP contribution in [0.3, 0.4) is 0 Å². The summed E-state index contributed by atoms with van der Waals surface area (Å²) in [5.74, 6) is 1.85. The average molecular weight is 344 g/mol. The monoisotopic (exact) mass is 344 g/mol. The van der Waals surface area contributed by atoms with Crippen molar-refractivity contribution >= 4 is 11.8 Å². The summed E-state index contributed by atoms with van der Waals surface area (Å²) in [4.78, 5) is 31.8. The van der Waals surface area contributed by atoms with E-state index in [0.29, 0.717) is 43.5 Å². The van der Waals surface area contributed by atoms with Crippen LogP contribution in [-0.2, 0) is 11.2 Å². The van der Waals surface area contributed by atoms with Crippen molar-refractivity contribution in [1.82, 2.24) is 19.9 Å². The maximum Gasteiger partial charge on any atom is 0.289 e. The number of amides is 2. The van der Waals surface area contributed by atoms with Crippen LogP contribution in [0.2, 0.25) is 0 Å². The van der Waals surface area contributed by atoms with Gasteiger partial charge in [0.05, 0.1) is 12.2 Å². The third-order valence-corrected chi connectivity index (χ3v) is 4.71. The van der Waals surface area contributed by atoms with Gasteiger partial charge in [-0.2, -0.15) is 4.98 Å². The molecule has 0 aromatic carbocycles. The van der Waals surface area contributed by atoms with Crippen LogP contribution in [0.15, 0.2) is 27.3 Å². The van der Waals surface area contributed by atoms with Crippen molar-refractivity contribution in [2.75, 3.05) is 26.7 Å². The fourth-order valence-electron chi connectivity index (χ4n) is 2.91. The van der Waals surface area contributed by atoms with Gasteiger partial charge in [0.25, 0.3) is 5.91 Å². The molecule has 2 aliphatic rings. The molecule has 0 radical (unpaired) electrons. The van der Waals surface area contributed by atoms with Crippen molar-refractivity contribution in [3.8, 4) is 0 Å². The topological polar surface area (TPSA) is 92.7 Å². The molecule has 0 spiro atoms. The zero-order chi connectivity index (χ0) is 17.4. The van der Waals surface area contributed by atoms with Gasteiger partial charge in [-0.25, -0.2) is 0 Å². The Hall–Kier alpha value is -2.64. The maximum absolute atomic E-state index is 12.1. The zero-order valence-corrected chi connectivity index (χ0v) is 14.1. The molecule has 3 heterocycles. The highest BCUT2D eigenvalue weighted by atomic mass is 16.5. The summed E-state index contributed by atoms with van der Waals surface area (Å²) in [5, 5.41) is 3.98. The predicted molar refractivity (Wildman–Crippen MR) is 85.7 cm³/mol. The molecule has 2 aromatic heterocycles. The van der Waals surface area contributed by atoms with E-state index >= 15 is 0 Å². The molecule has 8 heteroatoms. The minimum atomic E-state index is -0.124. The summed E-state index contributed by atoms with van der Waals surface area (Å²) in [6.45, 7) is 1.67. The number of furan rings is 1. The maximum atomic E-state index is 12.1. The fourth-order valence-corrected chi connectivity index (χ4v) is 2.91. The number of likely N-dealkylation sites (tertiary alicyclic amines) is 1. The van der Waals surface area contributed by atoms with E-state index in [4.69, 9.17) is 8.94 Å². The van der Waals surface area contributed by atoms with Gasteiger partial charge in [0.15, 0.2) is 11.6 Å². The van der Waals surface area contributed by atoms with Gasteiger partial charge in [0.1, 0.15) is 0 Å². The van der Waals surface area contributed by atoms with Crippen molar-refractivity contribution in [3.05, 3.63) is 35.9 Å². The van der Waals surface area contributed by atoms with E-state index in [1.54, 1.807) is 21.9 Å². The van der Waals surface area contributed by atoms with E-state index in [1.165, 1.54) is 6.26 Å². The number of aromatic nitrogens is 2. The molecule has 1 saturated heterocycles. The number of carbonyl (C=O) groups is 2. The number of hydrogen-bond donors (Lipinski definition) is 0. The molecule has 2 fully saturated rings. The largest absolute Gasteiger partial charge is 0.459 e. The van der Waals surface area contributed by atoms with Gasteiger partial charge in [0, 0.05) is 39.0 Å². The Labute approximate surface area is 144 Å². The van der Waals surface area contributed by atoms with Crippen LogP contribution in [0, 0.1) is 5.92 Å². The van der Waals surface area contributed by atoms with Crippen LogP contribution in [0.5, 0.6) is 0 Å². The van der Waals surface area contributed by atoms with Gasteiger partial charge in [-0.3, -0.25) is 9.59 Å². The van der Waals surface area contributed by atoms with E-state index in [-0.39, 0.29) is 23.7 Å². The first-order valence-corrected chi connectivity index (χ1v) is 8.52. The summed E-state index contributed by atoms with van der Waals surface area (Å²) in [5.41, 5.74) is 0. The molecular weight excluding hydrogens is 324 g/mol. The van der Waals surface area contributed by atoms with Crippen molar-refractivity contribution in [3.63, 3.8) is 0 Å². The normalized spacial score (nSPS) is 17.4. The van der Waals surface area contributed by atoms with Crippen molar-refractivity contribution in [2.45, 2.75) is 25.2 Å². The Bertz CT molecular complexity index is 759. The number of hydrogen-bond acceptors (Lipinski definition) is 6. The molecule has 1 aliphatic heterocycles. The second-order valence-electron chi connectivity index (χ2n) is 6.72. The molecule has 4 rings (SSSR count). The standard InChI is InChI=1S/C17H20N4O4/c1-20(16(22)11-4-5-11)7-6-14-18-15(25-19-14)12-9-21(10-12)17(23)13-3-2-8-24-13/h2-3,8,11-12H,4-7,9-10H2,1H3. The summed E-state index contributed by atoms with van der Waals surface area (Å²) in [6.07, 6.45) is 4.06.